The lowest BCUT2D eigenvalue weighted by Gasteiger charge is -2.03. The highest BCUT2D eigenvalue weighted by Gasteiger charge is 2.13. The van der Waals surface area contributed by atoms with Gasteiger partial charge in [-0.25, -0.2) is 4.98 Å². The zero-order valence-corrected chi connectivity index (χ0v) is 9.56. The van der Waals surface area contributed by atoms with Crippen LogP contribution in [-0.4, -0.2) is 14.3 Å². The third kappa shape index (κ3) is 2.25. The Hall–Kier alpha value is -1.98. The Morgan fingerprint density at radius 2 is 2.41 bits per heavy atom. The predicted molar refractivity (Wildman–Crippen MR) is 59.9 cm³/mol. The lowest BCUT2D eigenvalue weighted by molar-refractivity contribution is 0.584. The van der Waals surface area contributed by atoms with Crippen LogP contribution in [0.2, 0.25) is 5.28 Å². The van der Waals surface area contributed by atoms with E-state index >= 15 is 0 Å². The summed E-state index contributed by atoms with van der Waals surface area (Å²) in [6.45, 7) is 0. The smallest absolute Gasteiger partial charge is 0.278 e. The molecule has 0 aliphatic carbocycles. The summed E-state index contributed by atoms with van der Waals surface area (Å²) in [5, 5.41) is 11.2. The summed E-state index contributed by atoms with van der Waals surface area (Å²) in [5.74, 6) is -0.866. The Kier molecular flexibility index (Phi) is 3.03. The number of hydrogen-bond acceptors (Lipinski definition) is 6. The molecule has 0 atom stereocenters. The third-order valence-corrected chi connectivity index (χ3v) is 2.75. The number of nitriles is 1. The Labute approximate surface area is 103 Å². The second-order valence-electron chi connectivity index (χ2n) is 2.82. The molecule has 0 spiro atoms. The minimum Gasteiger partial charge on any atom is -0.340 e. The van der Waals surface area contributed by atoms with Crippen LogP contribution in [-0.2, 0) is 0 Å². The Balaban J connectivity index is 2.39. The predicted octanol–water partition coefficient (Wildman–Crippen LogP) is 1.63. The summed E-state index contributed by atoms with van der Waals surface area (Å²) in [7, 11) is 0. The van der Waals surface area contributed by atoms with Crippen LogP contribution in [0.5, 0.6) is 0 Å². The van der Waals surface area contributed by atoms with Crippen molar-refractivity contribution in [2.75, 3.05) is 5.32 Å². The van der Waals surface area contributed by atoms with Crippen molar-refractivity contribution in [1.82, 2.24) is 14.3 Å². The third-order valence-electron chi connectivity index (χ3n) is 1.77. The van der Waals surface area contributed by atoms with E-state index in [-0.39, 0.29) is 21.5 Å². The average molecular weight is 272 g/mol. The number of anilines is 2. The number of H-pyrrole nitrogens is 1. The van der Waals surface area contributed by atoms with Crippen molar-refractivity contribution in [2.24, 2.45) is 0 Å². The van der Waals surface area contributed by atoms with Crippen molar-refractivity contribution < 1.29 is 4.39 Å². The molecule has 6 nitrogen and oxygen atoms in total. The van der Waals surface area contributed by atoms with Gasteiger partial charge in [-0.15, -0.1) is 0 Å². The standard InChI is InChI=1S/C8H3ClFN5OS/c9-8-12-2-4(5(10)14-8)13-7-3(1-11)6(16)15-17-7/h2,13H,(H,15,16). The first-order valence-corrected chi connectivity index (χ1v) is 5.38. The number of nitrogens with zero attached hydrogens (tertiary/aromatic N) is 3. The number of aromatic nitrogens is 3. The van der Waals surface area contributed by atoms with Crippen LogP contribution in [0.25, 0.3) is 0 Å². The molecular weight excluding hydrogens is 269 g/mol. The van der Waals surface area contributed by atoms with Gasteiger partial charge < -0.3 is 5.32 Å². The van der Waals surface area contributed by atoms with Crippen molar-refractivity contribution in [3.63, 3.8) is 0 Å². The van der Waals surface area contributed by atoms with Crippen LogP contribution in [0, 0.1) is 17.3 Å². The molecule has 2 aromatic rings. The van der Waals surface area contributed by atoms with E-state index in [0.29, 0.717) is 0 Å². The van der Waals surface area contributed by atoms with Crippen LogP contribution in [0.1, 0.15) is 5.56 Å². The molecule has 2 heterocycles. The first-order chi connectivity index (χ1) is 8.11. The summed E-state index contributed by atoms with van der Waals surface area (Å²) >= 11 is 6.27. The first kappa shape index (κ1) is 11.5. The highest BCUT2D eigenvalue weighted by Crippen LogP contribution is 2.23. The monoisotopic (exact) mass is 271 g/mol. The lowest BCUT2D eigenvalue weighted by Crippen LogP contribution is -2.04. The second-order valence-corrected chi connectivity index (χ2v) is 3.97. The summed E-state index contributed by atoms with van der Waals surface area (Å²) in [6.07, 6.45) is 1.12. The Bertz CT molecular complexity index is 661. The van der Waals surface area contributed by atoms with E-state index in [1.165, 1.54) is 0 Å². The molecule has 0 radical (unpaired) electrons. The number of aromatic amines is 1. The largest absolute Gasteiger partial charge is 0.340 e. The molecule has 0 aliphatic heterocycles. The Morgan fingerprint density at radius 1 is 1.65 bits per heavy atom. The van der Waals surface area contributed by atoms with Crippen molar-refractivity contribution >= 4 is 33.8 Å². The topological polar surface area (TPSA) is 94.5 Å². The van der Waals surface area contributed by atoms with E-state index in [1.54, 1.807) is 6.07 Å². The Morgan fingerprint density at radius 3 is 3.06 bits per heavy atom. The van der Waals surface area contributed by atoms with E-state index in [2.05, 4.69) is 19.7 Å². The lowest BCUT2D eigenvalue weighted by atomic mass is 10.3. The van der Waals surface area contributed by atoms with Crippen LogP contribution in [0.15, 0.2) is 11.0 Å². The van der Waals surface area contributed by atoms with Gasteiger partial charge in [-0.1, -0.05) is 0 Å². The number of hydrogen-bond donors (Lipinski definition) is 2. The molecule has 2 N–H and O–H groups in total. The average Bonchev–Trinajstić information content (AvgIpc) is 2.63. The maximum Gasteiger partial charge on any atom is 0.278 e. The number of halogens is 2. The second kappa shape index (κ2) is 4.48. The van der Waals surface area contributed by atoms with E-state index in [0.717, 1.165) is 17.7 Å². The number of rotatable bonds is 2. The molecule has 0 fully saturated rings. The summed E-state index contributed by atoms with van der Waals surface area (Å²) in [4.78, 5) is 18.0. The summed E-state index contributed by atoms with van der Waals surface area (Å²) in [6, 6.07) is 1.71. The van der Waals surface area contributed by atoms with Gasteiger partial charge in [-0.05, 0) is 23.1 Å². The van der Waals surface area contributed by atoms with Crippen LogP contribution in [0.4, 0.5) is 15.1 Å². The van der Waals surface area contributed by atoms with Gasteiger partial charge in [0, 0.05) is 0 Å². The van der Waals surface area contributed by atoms with E-state index in [9.17, 15) is 9.18 Å². The van der Waals surface area contributed by atoms with Gasteiger partial charge in [0.05, 0.1) is 6.20 Å². The molecule has 0 saturated carbocycles. The van der Waals surface area contributed by atoms with Crippen LogP contribution in [0.3, 0.4) is 0 Å². The van der Waals surface area contributed by atoms with Gasteiger partial charge in [0.25, 0.3) is 5.56 Å². The van der Waals surface area contributed by atoms with Gasteiger partial charge in [0.2, 0.25) is 11.2 Å². The SMILES string of the molecule is N#Cc1c(Nc2cnc(Cl)nc2F)s[nH]c1=O. The zero-order chi connectivity index (χ0) is 12.4. The molecule has 0 saturated heterocycles. The fraction of sp³-hybridized carbons (Fsp3) is 0. The van der Waals surface area contributed by atoms with Gasteiger partial charge in [0.15, 0.2) is 5.56 Å². The summed E-state index contributed by atoms with van der Waals surface area (Å²) in [5.41, 5.74) is -0.721. The molecule has 2 aromatic heterocycles. The van der Waals surface area contributed by atoms with Crippen molar-refractivity contribution in [2.45, 2.75) is 0 Å². The highest BCUT2D eigenvalue weighted by molar-refractivity contribution is 7.10. The molecule has 0 unspecified atom stereocenters. The molecule has 0 aliphatic rings. The van der Waals surface area contributed by atoms with Gasteiger partial charge >= 0.3 is 0 Å². The molecule has 0 amide bonds. The zero-order valence-electron chi connectivity index (χ0n) is 7.99. The minimum atomic E-state index is -0.866. The van der Waals surface area contributed by atoms with E-state index in [1.807, 2.05) is 0 Å². The van der Waals surface area contributed by atoms with Gasteiger partial charge in [0.1, 0.15) is 16.8 Å². The first-order valence-electron chi connectivity index (χ1n) is 4.18. The van der Waals surface area contributed by atoms with Crippen LogP contribution >= 0.6 is 23.1 Å². The van der Waals surface area contributed by atoms with Crippen molar-refractivity contribution in [3.05, 3.63) is 33.3 Å². The molecule has 2 rings (SSSR count). The van der Waals surface area contributed by atoms with Gasteiger partial charge in [-0.2, -0.15) is 14.6 Å². The highest BCUT2D eigenvalue weighted by atomic mass is 35.5. The van der Waals surface area contributed by atoms with Crippen LogP contribution < -0.4 is 10.9 Å². The molecular formula is C8H3ClFN5OS. The minimum absolute atomic E-state index is 0.0684. The van der Waals surface area contributed by atoms with E-state index in [4.69, 9.17) is 16.9 Å². The molecule has 86 valence electrons. The quantitative estimate of drug-likeness (QED) is 0.639. The fourth-order valence-electron chi connectivity index (χ4n) is 1.04. The normalized spacial score (nSPS) is 9.94. The van der Waals surface area contributed by atoms with Crippen molar-refractivity contribution in [3.8, 4) is 6.07 Å². The molecule has 0 aromatic carbocycles. The van der Waals surface area contributed by atoms with Crippen molar-refractivity contribution in [1.29, 1.82) is 5.26 Å². The van der Waals surface area contributed by atoms with Gasteiger partial charge in [-0.3, -0.25) is 9.17 Å². The maximum absolute atomic E-state index is 13.3. The number of nitrogens with one attached hydrogen (secondary N) is 2. The fourth-order valence-corrected chi connectivity index (χ4v) is 1.86. The maximum atomic E-state index is 13.3. The van der Waals surface area contributed by atoms with E-state index < -0.39 is 11.5 Å². The molecule has 17 heavy (non-hydrogen) atoms. The molecule has 0 bridgehead atoms. The summed E-state index contributed by atoms with van der Waals surface area (Å²) < 4.78 is 15.7. The molecule has 9 heteroatoms.